The summed E-state index contributed by atoms with van der Waals surface area (Å²) >= 11 is 0. The lowest BCUT2D eigenvalue weighted by molar-refractivity contribution is -0.143. The molecule has 3 aromatic rings. The lowest BCUT2D eigenvalue weighted by atomic mass is 9.98. The number of hydrogen-bond donors (Lipinski definition) is 3. The molecule has 8 heteroatoms. The zero-order chi connectivity index (χ0) is 24.8. The molecular formula is C27H26N2O6. The smallest absolute Gasteiger partial charge is 0.411 e. The highest BCUT2D eigenvalue weighted by Crippen LogP contribution is 2.44. The molecule has 0 saturated heterocycles. The second-order valence-corrected chi connectivity index (χ2v) is 8.24. The van der Waals surface area contributed by atoms with Crippen LogP contribution < -0.4 is 10.6 Å². The van der Waals surface area contributed by atoms with Crippen LogP contribution in [0.1, 0.15) is 22.6 Å². The number of fused-ring (bicyclic) bond motifs is 3. The Morgan fingerprint density at radius 2 is 1.51 bits per heavy atom. The number of benzene rings is 3. The SMILES string of the molecule is COC[C@H](NC(=O)Cc1ccc(NC(=O)OCC2c3ccccc3-c3ccccc32)cc1)C(=O)O. The molecule has 35 heavy (non-hydrogen) atoms. The Kier molecular flexibility index (Phi) is 7.42. The number of carboxylic acids is 1. The average molecular weight is 475 g/mol. The van der Waals surface area contributed by atoms with Crippen molar-refractivity contribution >= 4 is 23.7 Å². The van der Waals surface area contributed by atoms with Gasteiger partial charge in [-0.15, -0.1) is 0 Å². The van der Waals surface area contributed by atoms with E-state index >= 15 is 0 Å². The minimum Gasteiger partial charge on any atom is -0.480 e. The Bertz CT molecular complexity index is 1180. The Morgan fingerprint density at radius 3 is 2.09 bits per heavy atom. The van der Waals surface area contributed by atoms with E-state index in [1.807, 2.05) is 24.3 Å². The summed E-state index contributed by atoms with van der Waals surface area (Å²) in [6.07, 6.45) is -0.570. The highest BCUT2D eigenvalue weighted by molar-refractivity contribution is 5.86. The normalized spacial score (nSPS) is 12.8. The van der Waals surface area contributed by atoms with Crippen LogP contribution in [0.4, 0.5) is 10.5 Å². The van der Waals surface area contributed by atoms with Gasteiger partial charge in [-0.3, -0.25) is 10.1 Å². The number of carboxylic acid groups (broad SMARTS) is 1. The van der Waals surface area contributed by atoms with Crippen molar-refractivity contribution < 1.29 is 29.0 Å². The van der Waals surface area contributed by atoms with Gasteiger partial charge >= 0.3 is 12.1 Å². The minimum atomic E-state index is -1.16. The molecular weight excluding hydrogens is 448 g/mol. The summed E-state index contributed by atoms with van der Waals surface area (Å²) in [4.78, 5) is 35.7. The Hall–Kier alpha value is -4.17. The van der Waals surface area contributed by atoms with Crippen LogP contribution in [0.15, 0.2) is 72.8 Å². The van der Waals surface area contributed by atoms with Crippen LogP contribution in [-0.2, 0) is 25.5 Å². The molecule has 1 aliphatic rings. The Labute approximate surface area is 202 Å². The number of hydrogen-bond acceptors (Lipinski definition) is 5. The largest absolute Gasteiger partial charge is 0.480 e. The van der Waals surface area contributed by atoms with Gasteiger partial charge in [-0.05, 0) is 39.9 Å². The van der Waals surface area contributed by atoms with Gasteiger partial charge in [0, 0.05) is 18.7 Å². The van der Waals surface area contributed by atoms with E-state index in [2.05, 4.69) is 34.9 Å². The third kappa shape index (κ3) is 5.67. The molecule has 4 rings (SSSR count). The van der Waals surface area contributed by atoms with Crippen LogP contribution in [-0.4, -0.2) is 49.4 Å². The number of methoxy groups -OCH3 is 1. The maximum absolute atomic E-state index is 12.4. The highest BCUT2D eigenvalue weighted by Gasteiger charge is 2.29. The van der Waals surface area contributed by atoms with Crippen LogP contribution >= 0.6 is 0 Å². The van der Waals surface area contributed by atoms with Gasteiger partial charge in [0.2, 0.25) is 5.91 Å². The summed E-state index contributed by atoms with van der Waals surface area (Å²) in [5.74, 6) is -1.63. The molecule has 0 aliphatic heterocycles. The molecule has 0 radical (unpaired) electrons. The van der Waals surface area contributed by atoms with Gasteiger partial charge in [-0.2, -0.15) is 0 Å². The zero-order valence-corrected chi connectivity index (χ0v) is 19.2. The number of anilines is 1. The first-order valence-electron chi connectivity index (χ1n) is 11.2. The van der Waals surface area contributed by atoms with E-state index in [9.17, 15) is 14.4 Å². The number of nitrogens with one attached hydrogen (secondary N) is 2. The second-order valence-electron chi connectivity index (χ2n) is 8.24. The summed E-state index contributed by atoms with van der Waals surface area (Å²) < 4.78 is 10.4. The van der Waals surface area contributed by atoms with E-state index < -0.39 is 24.0 Å². The first kappa shape index (κ1) is 24.0. The van der Waals surface area contributed by atoms with Crippen LogP contribution in [0, 0.1) is 0 Å². The average Bonchev–Trinajstić information content (AvgIpc) is 3.17. The van der Waals surface area contributed by atoms with Crippen LogP contribution in [0.5, 0.6) is 0 Å². The van der Waals surface area contributed by atoms with E-state index in [1.165, 1.54) is 7.11 Å². The molecule has 0 saturated carbocycles. The molecule has 8 nitrogen and oxygen atoms in total. The molecule has 0 fully saturated rings. The van der Waals surface area contributed by atoms with Crippen LogP contribution in [0.2, 0.25) is 0 Å². The van der Waals surface area contributed by atoms with Crippen molar-refractivity contribution in [3.8, 4) is 11.1 Å². The predicted octanol–water partition coefficient (Wildman–Crippen LogP) is 3.81. The van der Waals surface area contributed by atoms with E-state index in [0.29, 0.717) is 11.3 Å². The number of ether oxygens (including phenoxy) is 2. The fourth-order valence-electron chi connectivity index (χ4n) is 4.23. The van der Waals surface area contributed by atoms with Gasteiger partial charge < -0.3 is 19.9 Å². The van der Waals surface area contributed by atoms with E-state index in [1.54, 1.807) is 24.3 Å². The molecule has 1 aliphatic carbocycles. The van der Waals surface area contributed by atoms with Crippen molar-refractivity contribution in [2.75, 3.05) is 25.6 Å². The monoisotopic (exact) mass is 474 g/mol. The summed E-state index contributed by atoms with van der Waals surface area (Å²) in [6, 6.07) is 21.8. The molecule has 2 amide bonds. The molecule has 3 aromatic carbocycles. The first-order valence-corrected chi connectivity index (χ1v) is 11.2. The number of carbonyl (C=O) groups is 3. The van der Waals surface area contributed by atoms with Crippen molar-refractivity contribution in [2.24, 2.45) is 0 Å². The summed E-state index contributed by atoms with van der Waals surface area (Å²) in [7, 11) is 1.37. The quantitative estimate of drug-likeness (QED) is 0.435. The van der Waals surface area contributed by atoms with Crippen molar-refractivity contribution in [1.29, 1.82) is 0 Å². The molecule has 0 unspecified atom stereocenters. The van der Waals surface area contributed by atoms with Crippen LogP contribution in [0.3, 0.4) is 0 Å². The molecule has 3 N–H and O–H groups in total. The Morgan fingerprint density at radius 1 is 0.914 bits per heavy atom. The second kappa shape index (κ2) is 10.8. The van der Waals surface area contributed by atoms with E-state index in [-0.39, 0.29) is 25.6 Å². The van der Waals surface area contributed by atoms with Gasteiger partial charge in [0.15, 0.2) is 6.04 Å². The van der Waals surface area contributed by atoms with Gasteiger partial charge in [0.1, 0.15) is 6.61 Å². The highest BCUT2D eigenvalue weighted by atomic mass is 16.5. The van der Waals surface area contributed by atoms with E-state index in [0.717, 1.165) is 22.3 Å². The third-order valence-electron chi connectivity index (χ3n) is 5.88. The summed E-state index contributed by atoms with van der Waals surface area (Å²) in [5.41, 5.74) is 5.79. The van der Waals surface area contributed by atoms with Gasteiger partial charge in [0.25, 0.3) is 0 Å². The minimum absolute atomic E-state index is 0.00127. The van der Waals surface area contributed by atoms with Gasteiger partial charge in [-0.25, -0.2) is 9.59 Å². The third-order valence-corrected chi connectivity index (χ3v) is 5.88. The van der Waals surface area contributed by atoms with Gasteiger partial charge in [-0.1, -0.05) is 60.7 Å². The van der Waals surface area contributed by atoms with E-state index in [4.69, 9.17) is 14.6 Å². The number of carbonyl (C=O) groups excluding carboxylic acids is 2. The fourth-order valence-corrected chi connectivity index (χ4v) is 4.23. The fraction of sp³-hybridized carbons (Fsp3) is 0.222. The molecule has 0 bridgehead atoms. The van der Waals surface area contributed by atoms with Crippen molar-refractivity contribution in [3.63, 3.8) is 0 Å². The lowest BCUT2D eigenvalue weighted by Gasteiger charge is -2.15. The van der Waals surface area contributed by atoms with Crippen LogP contribution in [0.25, 0.3) is 11.1 Å². The molecule has 1 atom stereocenters. The molecule has 0 aromatic heterocycles. The predicted molar refractivity (Wildman–Crippen MR) is 130 cm³/mol. The first-order chi connectivity index (χ1) is 17.0. The topological polar surface area (TPSA) is 114 Å². The standard InChI is InChI=1S/C27H26N2O6/c1-34-16-24(26(31)32)29-25(30)14-17-10-12-18(13-11-17)28-27(33)35-15-23-21-8-4-2-6-19(21)20-7-3-5-9-22(20)23/h2-13,23-24H,14-16H2,1H3,(H,28,33)(H,29,30)(H,31,32)/t24-/m0/s1. The maximum atomic E-state index is 12.4. The van der Waals surface area contributed by atoms with Gasteiger partial charge in [0.05, 0.1) is 13.0 Å². The Balaban J connectivity index is 1.31. The maximum Gasteiger partial charge on any atom is 0.411 e. The summed E-state index contributed by atoms with van der Waals surface area (Å²) in [6.45, 7) is 0.0917. The summed E-state index contributed by atoms with van der Waals surface area (Å²) in [5, 5.41) is 14.2. The zero-order valence-electron chi connectivity index (χ0n) is 19.2. The van der Waals surface area contributed by atoms with Crippen molar-refractivity contribution in [3.05, 3.63) is 89.5 Å². The molecule has 0 spiro atoms. The number of amides is 2. The molecule has 0 heterocycles. The van der Waals surface area contributed by atoms with Crippen molar-refractivity contribution in [1.82, 2.24) is 5.32 Å². The molecule has 180 valence electrons. The van der Waals surface area contributed by atoms with Crippen molar-refractivity contribution in [2.45, 2.75) is 18.4 Å². The number of aliphatic carboxylic acids is 1. The lowest BCUT2D eigenvalue weighted by Crippen LogP contribution is -2.44. The number of rotatable bonds is 9.